The summed E-state index contributed by atoms with van der Waals surface area (Å²) in [5.41, 5.74) is 1.91. The lowest BCUT2D eigenvalue weighted by molar-refractivity contribution is 0.0899. The molecule has 6 nitrogen and oxygen atoms in total. The lowest BCUT2D eigenvalue weighted by Gasteiger charge is -2.08. The molecule has 0 saturated carbocycles. The van der Waals surface area contributed by atoms with Gasteiger partial charge in [-0.1, -0.05) is 51.2 Å². The molecule has 1 aromatic rings. The summed E-state index contributed by atoms with van der Waals surface area (Å²) in [6.07, 6.45) is 7.33. The predicted octanol–water partition coefficient (Wildman–Crippen LogP) is 5.61. The zero-order chi connectivity index (χ0) is 19.0. The monoisotopic (exact) mass is 365 g/mol. The molecule has 1 amide bonds. The minimum absolute atomic E-state index is 0.259. The number of amides is 1. The Hall–Kier alpha value is -2.24. The Labute approximate surface area is 155 Å². The highest BCUT2D eigenvalue weighted by Crippen LogP contribution is 2.14. The largest absolute Gasteiger partial charge is 0.505 e. The molecular weight excluding hydrogens is 334 g/mol. The quantitative estimate of drug-likeness (QED) is 0.350. The van der Waals surface area contributed by atoms with Crippen molar-refractivity contribution >= 4 is 17.9 Å². The number of hydrogen-bond acceptors (Lipinski definition) is 4. The smallest absolute Gasteiger partial charge is 0.450 e. The zero-order valence-electron chi connectivity index (χ0n) is 15.7. The third-order valence-corrected chi connectivity index (χ3v) is 3.99. The molecule has 0 unspecified atom stereocenters. The first kappa shape index (κ1) is 21.8. The number of hydrogen-bond donors (Lipinski definition) is 2. The van der Waals surface area contributed by atoms with Crippen molar-refractivity contribution in [1.82, 2.24) is 0 Å². The van der Waals surface area contributed by atoms with Gasteiger partial charge in [-0.3, -0.25) is 5.32 Å². The van der Waals surface area contributed by atoms with Crippen LogP contribution in [0, 0.1) is 0 Å². The van der Waals surface area contributed by atoms with Crippen LogP contribution in [0.3, 0.4) is 0 Å². The third kappa shape index (κ3) is 11.3. The summed E-state index contributed by atoms with van der Waals surface area (Å²) >= 11 is 0. The standard InChI is InChI=1S/C20H31NO5/c1-2-3-4-8-14-25-19(22)21-18-13-10-12-17(16-18)11-7-5-6-9-15-26-20(23)24/h10,12-13,16H,2-9,11,14-15H2,1H3,(H,21,22)(H,23,24). The predicted molar refractivity (Wildman–Crippen MR) is 102 cm³/mol. The number of ether oxygens (including phenoxy) is 2. The molecule has 0 atom stereocenters. The Kier molecular flexibility index (Phi) is 11.7. The molecule has 1 aromatic carbocycles. The van der Waals surface area contributed by atoms with E-state index in [-0.39, 0.29) is 6.61 Å². The Morgan fingerprint density at radius 2 is 1.65 bits per heavy atom. The molecule has 0 aliphatic heterocycles. The highest BCUT2D eigenvalue weighted by molar-refractivity contribution is 5.84. The summed E-state index contributed by atoms with van der Waals surface area (Å²) in [5.74, 6) is 0. The maximum absolute atomic E-state index is 11.8. The lowest BCUT2D eigenvalue weighted by Crippen LogP contribution is -2.14. The van der Waals surface area contributed by atoms with Crippen molar-refractivity contribution in [1.29, 1.82) is 0 Å². The van der Waals surface area contributed by atoms with Crippen molar-refractivity contribution in [2.45, 2.75) is 64.7 Å². The van der Waals surface area contributed by atoms with Crippen molar-refractivity contribution in [2.24, 2.45) is 0 Å². The molecule has 0 saturated heterocycles. The van der Waals surface area contributed by atoms with Crippen molar-refractivity contribution in [2.75, 3.05) is 18.5 Å². The van der Waals surface area contributed by atoms with E-state index in [9.17, 15) is 9.59 Å². The molecule has 146 valence electrons. The number of aryl methyl sites for hydroxylation is 1. The van der Waals surface area contributed by atoms with Crippen LogP contribution >= 0.6 is 0 Å². The van der Waals surface area contributed by atoms with E-state index >= 15 is 0 Å². The van der Waals surface area contributed by atoms with Crippen LogP contribution < -0.4 is 5.32 Å². The molecule has 26 heavy (non-hydrogen) atoms. The second kappa shape index (κ2) is 14.0. The average molecular weight is 365 g/mol. The van der Waals surface area contributed by atoms with Crippen LogP contribution in [0.1, 0.15) is 63.9 Å². The van der Waals surface area contributed by atoms with Crippen molar-refractivity contribution in [3.63, 3.8) is 0 Å². The maximum atomic E-state index is 11.8. The van der Waals surface area contributed by atoms with Gasteiger partial charge < -0.3 is 14.6 Å². The first-order valence-corrected chi connectivity index (χ1v) is 9.50. The van der Waals surface area contributed by atoms with E-state index < -0.39 is 12.2 Å². The first-order chi connectivity index (χ1) is 12.6. The second-order valence-corrected chi connectivity index (χ2v) is 6.30. The number of carbonyl (C=O) groups is 2. The number of carboxylic acid groups (broad SMARTS) is 1. The highest BCUT2D eigenvalue weighted by atomic mass is 16.7. The van der Waals surface area contributed by atoms with Crippen LogP contribution in [0.25, 0.3) is 0 Å². The minimum Gasteiger partial charge on any atom is -0.450 e. The number of nitrogens with one attached hydrogen (secondary N) is 1. The Morgan fingerprint density at radius 1 is 0.962 bits per heavy atom. The molecule has 2 N–H and O–H groups in total. The summed E-state index contributed by atoms with van der Waals surface area (Å²) < 4.78 is 9.65. The van der Waals surface area contributed by atoms with Gasteiger partial charge in [-0.25, -0.2) is 9.59 Å². The van der Waals surface area contributed by atoms with Gasteiger partial charge in [-0.2, -0.15) is 0 Å². The van der Waals surface area contributed by atoms with E-state index in [1.54, 1.807) is 0 Å². The van der Waals surface area contributed by atoms with Gasteiger partial charge in [0.2, 0.25) is 0 Å². The van der Waals surface area contributed by atoms with Crippen LogP contribution in [-0.2, 0) is 15.9 Å². The summed E-state index contributed by atoms with van der Waals surface area (Å²) in [6, 6.07) is 7.78. The molecule has 1 rings (SSSR count). The molecule has 0 fully saturated rings. The molecule has 0 aromatic heterocycles. The fraction of sp³-hybridized carbons (Fsp3) is 0.600. The van der Waals surface area contributed by atoms with Gasteiger partial charge >= 0.3 is 12.2 Å². The van der Waals surface area contributed by atoms with Gasteiger partial charge in [0.05, 0.1) is 13.2 Å². The molecule has 0 aliphatic rings. The van der Waals surface area contributed by atoms with Gasteiger partial charge in [0.1, 0.15) is 0 Å². The number of rotatable bonds is 13. The van der Waals surface area contributed by atoms with E-state index in [2.05, 4.69) is 17.0 Å². The van der Waals surface area contributed by atoms with E-state index in [0.29, 0.717) is 6.61 Å². The maximum Gasteiger partial charge on any atom is 0.505 e. The normalized spacial score (nSPS) is 10.3. The Balaban J connectivity index is 2.19. The molecule has 0 aliphatic carbocycles. The van der Waals surface area contributed by atoms with Crippen LogP contribution in [0.5, 0.6) is 0 Å². The van der Waals surface area contributed by atoms with Crippen molar-refractivity contribution in [3.8, 4) is 0 Å². The number of carbonyl (C=O) groups excluding carboxylic acids is 1. The minimum atomic E-state index is -1.21. The highest BCUT2D eigenvalue weighted by Gasteiger charge is 2.04. The summed E-state index contributed by atoms with van der Waals surface area (Å²) in [7, 11) is 0. The van der Waals surface area contributed by atoms with E-state index in [4.69, 9.17) is 9.84 Å². The Bertz CT molecular complexity index is 533. The molecule has 0 spiro atoms. The number of unbranched alkanes of at least 4 members (excludes halogenated alkanes) is 6. The van der Waals surface area contributed by atoms with Crippen molar-refractivity contribution < 1.29 is 24.2 Å². The lowest BCUT2D eigenvalue weighted by atomic mass is 10.1. The van der Waals surface area contributed by atoms with Gasteiger partial charge in [0.25, 0.3) is 0 Å². The SMILES string of the molecule is CCCCCCOC(=O)Nc1cccc(CCCCCCOC(=O)O)c1. The molecule has 6 heteroatoms. The average Bonchev–Trinajstić information content (AvgIpc) is 2.61. The third-order valence-electron chi connectivity index (χ3n) is 3.99. The first-order valence-electron chi connectivity index (χ1n) is 9.50. The topological polar surface area (TPSA) is 84.9 Å². The molecule has 0 heterocycles. The fourth-order valence-corrected chi connectivity index (χ4v) is 2.60. The van der Waals surface area contributed by atoms with Crippen LogP contribution in [0.2, 0.25) is 0 Å². The van der Waals surface area contributed by atoms with E-state index in [1.165, 1.54) is 6.42 Å². The Morgan fingerprint density at radius 3 is 2.38 bits per heavy atom. The summed E-state index contributed by atoms with van der Waals surface area (Å²) in [5, 5.41) is 11.1. The van der Waals surface area contributed by atoms with E-state index in [0.717, 1.165) is 62.6 Å². The number of benzene rings is 1. The summed E-state index contributed by atoms with van der Waals surface area (Å²) in [6.45, 7) is 2.86. The van der Waals surface area contributed by atoms with Gasteiger partial charge in [0.15, 0.2) is 0 Å². The molecule has 0 bridgehead atoms. The fourth-order valence-electron chi connectivity index (χ4n) is 2.60. The van der Waals surface area contributed by atoms with Crippen molar-refractivity contribution in [3.05, 3.63) is 29.8 Å². The second-order valence-electron chi connectivity index (χ2n) is 6.30. The van der Waals surface area contributed by atoms with Gasteiger partial charge in [-0.15, -0.1) is 0 Å². The number of anilines is 1. The van der Waals surface area contributed by atoms with E-state index in [1.807, 2.05) is 24.3 Å². The van der Waals surface area contributed by atoms with Crippen LogP contribution in [-0.4, -0.2) is 30.6 Å². The molecular formula is C20H31NO5. The van der Waals surface area contributed by atoms with Gasteiger partial charge in [-0.05, 0) is 43.4 Å². The van der Waals surface area contributed by atoms with Gasteiger partial charge in [0, 0.05) is 5.69 Å². The van der Waals surface area contributed by atoms with Crippen LogP contribution in [0.4, 0.5) is 15.3 Å². The molecule has 0 radical (unpaired) electrons. The zero-order valence-corrected chi connectivity index (χ0v) is 15.7. The van der Waals surface area contributed by atoms with Crippen LogP contribution in [0.15, 0.2) is 24.3 Å². The summed E-state index contributed by atoms with van der Waals surface area (Å²) in [4.78, 5) is 22.0.